The van der Waals surface area contributed by atoms with Crippen LogP contribution in [0.5, 0.6) is 0 Å². The lowest BCUT2D eigenvalue weighted by Crippen LogP contribution is -2.44. The summed E-state index contributed by atoms with van der Waals surface area (Å²) in [6, 6.07) is 16.6. The van der Waals surface area contributed by atoms with Crippen LogP contribution in [0.2, 0.25) is 0 Å². The zero-order valence-corrected chi connectivity index (χ0v) is 19.4. The first kappa shape index (κ1) is 23.1. The van der Waals surface area contributed by atoms with Gasteiger partial charge in [-0.05, 0) is 41.7 Å². The average molecular weight is 445 g/mol. The van der Waals surface area contributed by atoms with Crippen LogP contribution in [0.15, 0.2) is 67.1 Å². The molecule has 6 nitrogen and oxygen atoms in total. The Bertz CT molecular complexity index is 1040. The lowest BCUT2D eigenvalue weighted by Gasteiger charge is -2.26. The molecular weight excluding hydrogens is 412 g/mol. The SMILES string of the molecule is CCCc1ccc(-c2ccc(N(CC(N)COC)C(=O)C3CC3c3cnccn3)cc2)cc1. The fourth-order valence-electron chi connectivity index (χ4n) is 4.31. The van der Waals surface area contributed by atoms with Crippen molar-refractivity contribution in [1.29, 1.82) is 0 Å². The zero-order chi connectivity index (χ0) is 23.2. The number of aromatic nitrogens is 2. The molecule has 2 N–H and O–H groups in total. The van der Waals surface area contributed by atoms with E-state index in [2.05, 4.69) is 53.3 Å². The highest BCUT2D eigenvalue weighted by atomic mass is 16.5. The highest BCUT2D eigenvalue weighted by molar-refractivity contribution is 5.97. The summed E-state index contributed by atoms with van der Waals surface area (Å²) in [6.45, 7) is 2.99. The van der Waals surface area contributed by atoms with Crippen molar-refractivity contribution in [3.63, 3.8) is 0 Å². The number of anilines is 1. The maximum Gasteiger partial charge on any atom is 0.230 e. The van der Waals surface area contributed by atoms with Crippen molar-refractivity contribution in [1.82, 2.24) is 9.97 Å². The molecule has 3 unspecified atom stereocenters. The molecule has 4 rings (SSSR count). The smallest absolute Gasteiger partial charge is 0.230 e. The standard InChI is InChI=1S/C27H32N4O2/c1-3-4-19-5-7-20(8-6-19)21-9-11-23(12-10-21)31(17-22(28)18-33-2)27(32)25-15-24(25)26-16-29-13-14-30-26/h5-14,16,22,24-25H,3-4,15,17-18,28H2,1-2H3. The highest BCUT2D eigenvalue weighted by Gasteiger charge is 2.47. The van der Waals surface area contributed by atoms with Crippen molar-refractivity contribution in [3.8, 4) is 11.1 Å². The number of nitrogens with two attached hydrogens (primary N) is 1. The van der Waals surface area contributed by atoms with E-state index in [1.54, 1.807) is 30.6 Å². The number of hydrogen-bond acceptors (Lipinski definition) is 5. The van der Waals surface area contributed by atoms with Crippen LogP contribution in [0.25, 0.3) is 11.1 Å². The Hall–Kier alpha value is -3.09. The van der Waals surface area contributed by atoms with E-state index in [1.807, 2.05) is 12.1 Å². The van der Waals surface area contributed by atoms with E-state index in [9.17, 15) is 4.79 Å². The largest absolute Gasteiger partial charge is 0.383 e. The monoisotopic (exact) mass is 444 g/mol. The molecule has 1 heterocycles. The summed E-state index contributed by atoms with van der Waals surface area (Å²) in [4.78, 5) is 23.8. The molecule has 1 aliphatic carbocycles. The maximum atomic E-state index is 13.5. The molecule has 172 valence electrons. The predicted molar refractivity (Wildman–Crippen MR) is 131 cm³/mol. The van der Waals surface area contributed by atoms with Gasteiger partial charge in [-0.15, -0.1) is 0 Å². The second-order valence-electron chi connectivity index (χ2n) is 8.74. The topological polar surface area (TPSA) is 81.3 Å². The second kappa shape index (κ2) is 10.7. The minimum Gasteiger partial charge on any atom is -0.383 e. The van der Waals surface area contributed by atoms with Gasteiger partial charge in [-0.3, -0.25) is 14.8 Å². The van der Waals surface area contributed by atoms with Crippen molar-refractivity contribution in [2.45, 2.75) is 38.1 Å². The lowest BCUT2D eigenvalue weighted by atomic mass is 10.0. The Kier molecular flexibility index (Phi) is 7.47. The van der Waals surface area contributed by atoms with E-state index in [0.717, 1.165) is 36.2 Å². The van der Waals surface area contributed by atoms with Crippen LogP contribution < -0.4 is 10.6 Å². The summed E-state index contributed by atoms with van der Waals surface area (Å²) in [7, 11) is 1.62. The number of methoxy groups -OCH3 is 1. The zero-order valence-electron chi connectivity index (χ0n) is 19.4. The van der Waals surface area contributed by atoms with Gasteiger partial charge >= 0.3 is 0 Å². The number of carbonyl (C=O) groups is 1. The molecule has 0 aliphatic heterocycles. The molecule has 2 aromatic carbocycles. The van der Waals surface area contributed by atoms with E-state index in [4.69, 9.17) is 10.5 Å². The summed E-state index contributed by atoms with van der Waals surface area (Å²) < 4.78 is 5.21. The van der Waals surface area contributed by atoms with Crippen LogP contribution in [-0.2, 0) is 16.0 Å². The Morgan fingerprint density at radius 2 is 1.82 bits per heavy atom. The molecule has 1 amide bonds. The highest BCUT2D eigenvalue weighted by Crippen LogP contribution is 2.48. The molecule has 3 atom stereocenters. The summed E-state index contributed by atoms with van der Waals surface area (Å²) >= 11 is 0. The van der Waals surface area contributed by atoms with Crippen LogP contribution in [0.4, 0.5) is 5.69 Å². The molecule has 3 aromatic rings. The third-order valence-corrected chi connectivity index (χ3v) is 6.14. The summed E-state index contributed by atoms with van der Waals surface area (Å²) in [5.74, 6) is 0.101. The molecule has 0 spiro atoms. The van der Waals surface area contributed by atoms with Crippen molar-refractivity contribution in [3.05, 3.63) is 78.4 Å². The lowest BCUT2D eigenvalue weighted by molar-refractivity contribution is -0.120. The number of aryl methyl sites for hydroxylation is 1. The van der Waals surface area contributed by atoms with E-state index in [0.29, 0.717) is 13.2 Å². The molecular formula is C27H32N4O2. The van der Waals surface area contributed by atoms with Crippen LogP contribution in [0.1, 0.15) is 36.9 Å². The molecule has 0 saturated heterocycles. The van der Waals surface area contributed by atoms with Crippen molar-refractivity contribution >= 4 is 11.6 Å². The average Bonchev–Trinajstić information content (AvgIpc) is 3.65. The fraction of sp³-hybridized carbons (Fsp3) is 0.370. The van der Waals surface area contributed by atoms with Gasteiger partial charge in [-0.1, -0.05) is 49.7 Å². The summed E-state index contributed by atoms with van der Waals surface area (Å²) in [6.07, 6.45) is 8.10. The minimum atomic E-state index is -0.265. The second-order valence-corrected chi connectivity index (χ2v) is 8.74. The number of carbonyl (C=O) groups excluding carboxylic acids is 1. The van der Waals surface area contributed by atoms with Crippen LogP contribution in [-0.4, -0.2) is 42.2 Å². The number of ether oxygens (including phenoxy) is 1. The van der Waals surface area contributed by atoms with Gasteiger partial charge < -0.3 is 15.4 Å². The molecule has 0 radical (unpaired) electrons. The molecule has 1 saturated carbocycles. The molecule has 6 heteroatoms. The normalized spacial score (nSPS) is 18.0. The molecule has 33 heavy (non-hydrogen) atoms. The van der Waals surface area contributed by atoms with Gasteiger partial charge in [0.25, 0.3) is 0 Å². The van der Waals surface area contributed by atoms with Gasteiger partial charge in [-0.25, -0.2) is 0 Å². The van der Waals surface area contributed by atoms with E-state index < -0.39 is 0 Å². The van der Waals surface area contributed by atoms with Gasteiger partial charge in [0.1, 0.15) is 0 Å². The predicted octanol–water partition coefficient (Wildman–Crippen LogP) is 4.21. The quantitative estimate of drug-likeness (QED) is 0.507. The number of benzene rings is 2. The van der Waals surface area contributed by atoms with Gasteiger partial charge in [-0.2, -0.15) is 0 Å². The van der Waals surface area contributed by atoms with Gasteiger partial charge in [0, 0.05) is 55.8 Å². The van der Waals surface area contributed by atoms with Crippen LogP contribution >= 0.6 is 0 Å². The Morgan fingerprint density at radius 3 is 2.42 bits per heavy atom. The maximum absolute atomic E-state index is 13.5. The van der Waals surface area contributed by atoms with Crippen molar-refractivity contribution < 1.29 is 9.53 Å². The summed E-state index contributed by atoms with van der Waals surface area (Å²) in [5, 5.41) is 0. The van der Waals surface area contributed by atoms with Crippen molar-refractivity contribution in [2.75, 3.05) is 25.2 Å². The Balaban J connectivity index is 1.52. The van der Waals surface area contributed by atoms with Gasteiger partial charge in [0.15, 0.2) is 0 Å². The fourth-order valence-corrected chi connectivity index (χ4v) is 4.31. The number of amides is 1. The number of nitrogens with zero attached hydrogens (tertiary/aromatic N) is 3. The Morgan fingerprint density at radius 1 is 1.12 bits per heavy atom. The molecule has 1 fully saturated rings. The summed E-state index contributed by atoms with van der Waals surface area (Å²) in [5.41, 5.74) is 11.6. The molecule has 1 aromatic heterocycles. The first-order chi connectivity index (χ1) is 16.1. The number of hydrogen-bond donors (Lipinski definition) is 1. The van der Waals surface area contributed by atoms with E-state index in [1.165, 1.54) is 11.1 Å². The van der Waals surface area contributed by atoms with Gasteiger partial charge in [0.2, 0.25) is 5.91 Å². The van der Waals surface area contributed by atoms with Crippen LogP contribution in [0, 0.1) is 5.92 Å². The van der Waals surface area contributed by atoms with Crippen molar-refractivity contribution in [2.24, 2.45) is 11.7 Å². The van der Waals surface area contributed by atoms with E-state index >= 15 is 0 Å². The van der Waals surface area contributed by atoms with Gasteiger partial charge in [0.05, 0.1) is 12.3 Å². The number of rotatable bonds is 10. The Labute approximate surface area is 195 Å². The van der Waals surface area contributed by atoms with Crippen LogP contribution in [0.3, 0.4) is 0 Å². The first-order valence-electron chi connectivity index (χ1n) is 11.6. The first-order valence-corrected chi connectivity index (χ1v) is 11.6. The third kappa shape index (κ3) is 5.64. The molecule has 0 bridgehead atoms. The molecule has 1 aliphatic rings. The minimum absolute atomic E-state index is 0.0777. The third-order valence-electron chi connectivity index (χ3n) is 6.14. The van der Waals surface area contributed by atoms with E-state index in [-0.39, 0.29) is 23.8 Å².